The zero-order valence-corrected chi connectivity index (χ0v) is 21.3. The predicted octanol–water partition coefficient (Wildman–Crippen LogP) is 4.95. The fraction of sp³-hybridized carbons (Fsp3) is 0.240. The Morgan fingerprint density at radius 1 is 1.08 bits per heavy atom. The highest BCUT2D eigenvalue weighted by atomic mass is 32.2. The molecule has 4 rings (SSSR count). The maximum Gasteiger partial charge on any atom is 0.291 e. The lowest BCUT2D eigenvalue weighted by molar-refractivity contribution is 0.0998. The van der Waals surface area contributed by atoms with Crippen LogP contribution in [0.25, 0.3) is 11.0 Å². The van der Waals surface area contributed by atoms with Gasteiger partial charge in [0.2, 0.25) is 15.9 Å². The molecular formula is C25H26N4O6S. The van der Waals surface area contributed by atoms with Crippen molar-refractivity contribution in [2.75, 3.05) is 23.4 Å². The van der Waals surface area contributed by atoms with Crippen molar-refractivity contribution >= 4 is 38.3 Å². The van der Waals surface area contributed by atoms with Gasteiger partial charge in [0.25, 0.3) is 5.91 Å². The van der Waals surface area contributed by atoms with Gasteiger partial charge in [-0.3, -0.25) is 9.52 Å². The molecule has 2 aromatic heterocycles. The molecule has 2 heterocycles. The quantitative estimate of drug-likeness (QED) is 0.357. The fourth-order valence-corrected chi connectivity index (χ4v) is 4.07. The van der Waals surface area contributed by atoms with E-state index < -0.39 is 15.9 Å². The molecule has 0 saturated heterocycles. The molecule has 2 N–H and O–H groups in total. The number of hydrogen-bond acceptors (Lipinski definition) is 8. The molecule has 0 radical (unpaired) electrons. The normalized spacial score (nSPS) is 11.8. The Hall–Kier alpha value is -4.12. The summed E-state index contributed by atoms with van der Waals surface area (Å²) in [4.78, 5) is 21.1. The molecule has 36 heavy (non-hydrogen) atoms. The molecule has 1 amide bonds. The van der Waals surface area contributed by atoms with Gasteiger partial charge in [-0.05, 0) is 35.2 Å². The maximum atomic E-state index is 13.2. The molecule has 0 saturated carbocycles. The number of hydrogen-bond donors (Lipinski definition) is 2. The number of aromatic nitrogens is 2. The summed E-state index contributed by atoms with van der Waals surface area (Å²) in [6.45, 7) is 5.93. The van der Waals surface area contributed by atoms with E-state index in [2.05, 4.69) is 20.0 Å². The second-order valence-corrected chi connectivity index (χ2v) is 10.9. The SMILES string of the molecule is COc1c(NC(=O)c2cc3cccc(Oc4ccncn4)c3o2)cc(C(C)(C)C)cc1NS(C)(=O)=O. The molecule has 2 aromatic carbocycles. The molecule has 11 heteroatoms. The summed E-state index contributed by atoms with van der Waals surface area (Å²) in [7, 11) is -2.21. The monoisotopic (exact) mass is 510 g/mol. The molecular weight excluding hydrogens is 484 g/mol. The third-order valence-electron chi connectivity index (χ3n) is 5.20. The molecule has 0 bridgehead atoms. The summed E-state index contributed by atoms with van der Waals surface area (Å²) in [6, 6.07) is 11.9. The number of methoxy groups -OCH3 is 1. The molecule has 0 atom stereocenters. The van der Waals surface area contributed by atoms with Crippen LogP contribution in [0.15, 0.2) is 59.4 Å². The summed E-state index contributed by atoms with van der Waals surface area (Å²) >= 11 is 0. The van der Waals surface area contributed by atoms with Gasteiger partial charge in [-0.2, -0.15) is 0 Å². The molecule has 10 nitrogen and oxygen atoms in total. The minimum absolute atomic E-state index is 0.0320. The molecule has 0 aliphatic carbocycles. The van der Waals surface area contributed by atoms with E-state index in [-0.39, 0.29) is 22.6 Å². The molecule has 0 spiro atoms. The lowest BCUT2D eigenvalue weighted by atomic mass is 9.86. The third kappa shape index (κ3) is 5.57. The maximum absolute atomic E-state index is 13.2. The highest BCUT2D eigenvalue weighted by Crippen LogP contribution is 2.39. The van der Waals surface area contributed by atoms with Gasteiger partial charge in [0.15, 0.2) is 22.8 Å². The standard InChI is InChI=1S/C25H26N4O6S/c1-25(2,3)16-12-17(23(33-4)18(13-16)29-36(5,31)32)28-24(30)20-11-15-7-6-8-19(22(15)35-20)34-21-9-10-26-14-27-21/h6-14,29H,1-5H3,(H,28,30). The highest BCUT2D eigenvalue weighted by molar-refractivity contribution is 7.92. The first-order valence-electron chi connectivity index (χ1n) is 10.9. The molecule has 188 valence electrons. The van der Waals surface area contributed by atoms with E-state index in [1.165, 1.54) is 13.4 Å². The van der Waals surface area contributed by atoms with E-state index in [0.717, 1.165) is 11.8 Å². The Morgan fingerprint density at radius 3 is 2.47 bits per heavy atom. The van der Waals surface area contributed by atoms with Gasteiger partial charge in [0, 0.05) is 17.6 Å². The number of carbonyl (C=O) groups is 1. The van der Waals surface area contributed by atoms with Crippen LogP contribution in [-0.4, -0.2) is 37.7 Å². The van der Waals surface area contributed by atoms with Crippen molar-refractivity contribution in [1.82, 2.24) is 9.97 Å². The summed E-state index contributed by atoms with van der Waals surface area (Å²) in [5.74, 6) is 0.371. The number of ether oxygens (including phenoxy) is 2. The Kier molecular flexibility index (Phi) is 6.59. The number of para-hydroxylation sites is 1. The smallest absolute Gasteiger partial charge is 0.291 e. The van der Waals surface area contributed by atoms with Gasteiger partial charge >= 0.3 is 0 Å². The first-order valence-corrected chi connectivity index (χ1v) is 12.8. The van der Waals surface area contributed by atoms with Crippen LogP contribution in [0.2, 0.25) is 0 Å². The zero-order valence-electron chi connectivity index (χ0n) is 20.4. The minimum Gasteiger partial charge on any atom is -0.492 e. The molecule has 0 unspecified atom stereocenters. The number of benzene rings is 2. The number of sulfonamides is 1. The predicted molar refractivity (Wildman–Crippen MR) is 136 cm³/mol. The Morgan fingerprint density at radius 2 is 1.83 bits per heavy atom. The van der Waals surface area contributed by atoms with Crippen molar-refractivity contribution in [3.63, 3.8) is 0 Å². The number of rotatable bonds is 7. The average Bonchev–Trinajstić information content (AvgIpc) is 3.24. The molecule has 0 fully saturated rings. The van der Waals surface area contributed by atoms with Crippen molar-refractivity contribution in [2.45, 2.75) is 26.2 Å². The summed E-state index contributed by atoms with van der Waals surface area (Å²) < 4.78 is 43.5. The Bertz CT molecular complexity index is 1530. The zero-order chi connectivity index (χ0) is 26.1. The van der Waals surface area contributed by atoms with Gasteiger partial charge in [0.1, 0.15) is 6.33 Å². The molecule has 4 aromatic rings. The lowest BCUT2D eigenvalue weighted by Crippen LogP contribution is -2.18. The van der Waals surface area contributed by atoms with Crippen LogP contribution >= 0.6 is 0 Å². The van der Waals surface area contributed by atoms with Crippen LogP contribution in [0.4, 0.5) is 11.4 Å². The Labute approximate surface area is 208 Å². The van der Waals surface area contributed by atoms with Crippen LogP contribution in [0.5, 0.6) is 17.4 Å². The number of fused-ring (bicyclic) bond motifs is 1. The highest BCUT2D eigenvalue weighted by Gasteiger charge is 2.23. The van der Waals surface area contributed by atoms with Gasteiger partial charge in [-0.1, -0.05) is 32.9 Å². The largest absolute Gasteiger partial charge is 0.492 e. The van der Waals surface area contributed by atoms with Crippen LogP contribution in [0, 0.1) is 0 Å². The van der Waals surface area contributed by atoms with Crippen LogP contribution in [-0.2, 0) is 15.4 Å². The van der Waals surface area contributed by atoms with E-state index in [1.54, 1.807) is 48.7 Å². The van der Waals surface area contributed by atoms with E-state index in [4.69, 9.17) is 13.9 Å². The average molecular weight is 511 g/mol. The number of anilines is 2. The van der Waals surface area contributed by atoms with Crippen molar-refractivity contribution < 1.29 is 27.1 Å². The van der Waals surface area contributed by atoms with Crippen LogP contribution in [0.1, 0.15) is 36.9 Å². The minimum atomic E-state index is -3.60. The fourth-order valence-electron chi connectivity index (χ4n) is 3.51. The number of nitrogens with one attached hydrogen (secondary N) is 2. The molecule has 0 aliphatic heterocycles. The Balaban J connectivity index is 1.71. The number of furan rings is 1. The first kappa shape index (κ1) is 25.0. The van der Waals surface area contributed by atoms with Gasteiger partial charge < -0.3 is 19.2 Å². The van der Waals surface area contributed by atoms with E-state index in [1.807, 2.05) is 20.8 Å². The van der Waals surface area contributed by atoms with Crippen molar-refractivity contribution in [2.24, 2.45) is 0 Å². The van der Waals surface area contributed by atoms with Crippen molar-refractivity contribution in [1.29, 1.82) is 0 Å². The second kappa shape index (κ2) is 9.50. The van der Waals surface area contributed by atoms with E-state index >= 15 is 0 Å². The van der Waals surface area contributed by atoms with Crippen LogP contribution in [0.3, 0.4) is 0 Å². The third-order valence-corrected chi connectivity index (χ3v) is 5.79. The summed E-state index contributed by atoms with van der Waals surface area (Å²) in [5.41, 5.74) is 1.32. The number of amides is 1. The van der Waals surface area contributed by atoms with Crippen LogP contribution < -0.4 is 19.5 Å². The van der Waals surface area contributed by atoms with Gasteiger partial charge in [-0.15, -0.1) is 0 Å². The number of carbonyl (C=O) groups excluding carboxylic acids is 1. The van der Waals surface area contributed by atoms with Crippen molar-refractivity contribution in [3.8, 4) is 17.4 Å². The molecule has 0 aliphatic rings. The number of nitrogens with zero attached hydrogens (tertiary/aromatic N) is 2. The topological polar surface area (TPSA) is 133 Å². The second-order valence-electron chi connectivity index (χ2n) is 9.12. The lowest BCUT2D eigenvalue weighted by Gasteiger charge is -2.23. The summed E-state index contributed by atoms with van der Waals surface area (Å²) in [5, 5.41) is 3.45. The summed E-state index contributed by atoms with van der Waals surface area (Å²) in [6.07, 6.45) is 3.96. The van der Waals surface area contributed by atoms with Crippen molar-refractivity contribution in [3.05, 3.63) is 66.3 Å². The van der Waals surface area contributed by atoms with Gasteiger partial charge in [-0.25, -0.2) is 18.4 Å². The first-order chi connectivity index (χ1) is 16.9. The van der Waals surface area contributed by atoms with Gasteiger partial charge in [0.05, 0.1) is 24.7 Å². The van der Waals surface area contributed by atoms with E-state index in [0.29, 0.717) is 28.3 Å². The van der Waals surface area contributed by atoms with E-state index in [9.17, 15) is 13.2 Å².